The number of nitrogens with zero attached hydrogens (tertiary/aromatic N) is 1. The molecule has 4 nitrogen and oxygen atoms in total. The lowest BCUT2D eigenvalue weighted by atomic mass is 9.97. The molecule has 0 aromatic heterocycles. The number of hydrogen-bond donors (Lipinski definition) is 1. The number of nitrogens with one attached hydrogen (secondary N) is 1. The summed E-state index contributed by atoms with van der Waals surface area (Å²) in [5.41, 5.74) is 0. The summed E-state index contributed by atoms with van der Waals surface area (Å²) in [7, 11) is -3.13. The quantitative estimate of drug-likeness (QED) is 0.735. The molecule has 1 aliphatic carbocycles. The molecule has 2 atom stereocenters. The highest BCUT2D eigenvalue weighted by Gasteiger charge is 2.41. The number of rotatable bonds is 7. The molecule has 20 heavy (non-hydrogen) atoms. The van der Waals surface area contributed by atoms with Gasteiger partial charge in [0.15, 0.2) is 0 Å². The molecular formula is C15H30N2O2S. The van der Waals surface area contributed by atoms with Gasteiger partial charge in [-0.05, 0) is 51.5 Å². The minimum Gasteiger partial charge on any atom is -0.315 e. The molecule has 1 saturated carbocycles. The Morgan fingerprint density at radius 2 is 1.90 bits per heavy atom. The summed E-state index contributed by atoms with van der Waals surface area (Å²) in [4.78, 5) is 0. The van der Waals surface area contributed by atoms with Crippen LogP contribution in [0.3, 0.4) is 0 Å². The summed E-state index contributed by atoms with van der Waals surface area (Å²) in [6.07, 6.45) is 8.15. The Kier molecular flexibility index (Phi) is 5.87. The van der Waals surface area contributed by atoms with Crippen molar-refractivity contribution in [3.63, 3.8) is 0 Å². The molecule has 118 valence electrons. The molecule has 0 spiro atoms. The predicted octanol–water partition coefficient (Wildman–Crippen LogP) is 2.36. The normalized spacial score (nSPS) is 27.2. The second-order valence-corrected chi connectivity index (χ2v) is 8.73. The maximum Gasteiger partial charge on any atom is 0.218 e. The van der Waals surface area contributed by atoms with Gasteiger partial charge >= 0.3 is 0 Å². The van der Waals surface area contributed by atoms with Crippen LogP contribution in [0, 0.1) is 5.92 Å². The first-order valence-electron chi connectivity index (χ1n) is 8.28. The first kappa shape index (κ1) is 16.2. The van der Waals surface area contributed by atoms with Gasteiger partial charge in [-0.2, -0.15) is 4.31 Å². The first-order valence-corrected chi connectivity index (χ1v) is 9.79. The summed E-state index contributed by atoms with van der Waals surface area (Å²) >= 11 is 0. The number of hydrogen-bond acceptors (Lipinski definition) is 3. The molecule has 1 N–H and O–H groups in total. The van der Waals surface area contributed by atoms with E-state index in [-0.39, 0.29) is 11.3 Å². The summed E-state index contributed by atoms with van der Waals surface area (Å²) in [6, 6.07) is 0.288. The van der Waals surface area contributed by atoms with Gasteiger partial charge in [0, 0.05) is 19.1 Å². The van der Waals surface area contributed by atoms with Crippen LogP contribution in [0.2, 0.25) is 0 Å². The van der Waals surface area contributed by atoms with Crippen molar-refractivity contribution < 1.29 is 8.42 Å². The molecule has 0 aromatic carbocycles. The first-order chi connectivity index (χ1) is 9.57. The van der Waals surface area contributed by atoms with E-state index in [1.807, 2.05) is 11.2 Å². The molecule has 2 unspecified atom stereocenters. The molecule has 0 bridgehead atoms. The highest BCUT2D eigenvalue weighted by Crippen LogP contribution is 2.37. The zero-order valence-electron chi connectivity index (χ0n) is 13.0. The molecule has 2 aliphatic rings. The van der Waals surface area contributed by atoms with Crippen LogP contribution >= 0.6 is 0 Å². The van der Waals surface area contributed by atoms with E-state index in [0.717, 1.165) is 32.4 Å². The average molecular weight is 302 g/mol. The van der Waals surface area contributed by atoms with Crippen molar-refractivity contribution in [2.45, 2.75) is 70.1 Å². The molecule has 0 amide bonds. The number of sulfonamides is 1. The molecule has 1 saturated heterocycles. The molecule has 0 aromatic rings. The van der Waals surface area contributed by atoms with Crippen LogP contribution in [0.15, 0.2) is 0 Å². The fraction of sp³-hybridized carbons (Fsp3) is 1.00. The summed E-state index contributed by atoms with van der Waals surface area (Å²) in [5, 5.41) is 2.93. The smallest absolute Gasteiger partial charge is 0.218 e. The molecule has 1 aliphatic heterocycles. The SMILES string of the molecule is CCCNCC(C)S(=O)(=O)N1CCCC1C1CCCC1. The van der Waals surface area contributed by atoms with E-state index in [2.05, 4.69) is 12.2 Å². The third kappa shape index (κ3) is 3.55. The van der Waals surface area contributed by atoms with Crippen molar-refractivity contribution >= 4 is 10.0 Å². The largest absolute Gasteiger partial charge is 0.315 e. The second kappa shape index (κ2) is 7.23. The predicted molar refractivity (Wildman–Crippen MR) is 83.2 cm³/mol. The molecule has 5 heteroatoms. The van der Waals surface area contributed by atoms with Crippen LogP contribution in [-0.4, -0.2) is 43.6 Å². The Morgan fingerprint density at radius 1 is 1.20 bits per heavy atom. The van der Waals surface area contributed by atoms with Crippen molar-refractivity contribution in [2.75, 3.05) is 19.6 Å². The van der Waals surface area contributed by atoms with Crippen LogP contribution in [0.5, 0.6) is 0 Å². The van der Waals surface area contributed by atoms with E-state index >= 15 is 0 Å². The van der Waals surface area contributed by atoms with Gasteiger partial charge in [-0.15, -0.1) is 0 Å². The molecule has 2 rings (SSSR count). The van der Waals surface area contributed by atoms with Gasteiger partial charge in [-0.1, -0.05) is 19.8 Å². The summed E-state index contributed by atoms with van der Waals surface area (Å²) in [5.74, 6) is 0.614. The average Bonchev–Trinajstić information content (AvgIpc) is 3.09. The Balaban J connectivity index is 1.99. The fourth-order valence-corrected chi connectivity index (χ4v) is 5.54. The zero-order chi connectivity index (χ0) is 14.6. The third-order valence-corrected chi connectivity index (χ3v) is 7.18. The Morgan fingerprint density at radius 3 is 2.55 bits per heavy atom. The van der Waals surface area contributed by atoms with Crippen LogP contribution < -0.4 is 5.32 Å². The lowest BCUT2D eigenvalue weighted by Crippen LogP contribution is -2.46. The van der Waals surface area contributed by atoms with Crippen molar-refractivity contribution in [3.05, 3.63) is 0 Å². The molecular weight excluding hydrogens is 272 g/mol. The van der Waals surface area contributed by atoms with Crippen LogP contribution in [0.1, 0.15) is 58.8 Å². The second-order valence-electron chi connectivity index (χ2n) is 6.42. The van der Waals surface area contributed by atoms with Crippen LogP contribution in [-0.2, 0) is 10.0 Å². The third-order valence-electron chi connectivity index (χ3n) is 4.89. The van der Waals surface area contributed by atoms with Crippen molar-refractivity contribution in [1.29, 1.82) is 0 Å². The van der Waals surface area contributed by atoms with Gasteiger partial charge in [0.2, 0.25) is 10.0 Å². The van der Waals surface area contributed by atoms with Crippen molar-refractivity contribution in [3.8, 4) is 0 Å². The standard InChI is InChI=1S/C15H30N2O2S/c1-3-10-16-12-13(2)20(18,19)17-11-6-9-15(17)14-7-4-5-8-14/h13-16H,3-12H2,1-2H3. The van der Waals surface area contributed by atoms with Crippen LogP contribution in [0.4, 0.5) is 0 Å². The summed E-state index contributed by atoms with van der Waals surface area (Å²) in [6.45, 7) is 6.16. The molecule has 0 radical (unpaired) electrons. The van der Waals surface area contributed by atoms with E-state index in [9.17, 15) is 8.42 Å². The van der Waals surface area contributed by atoms with Gasteiger partial charge < -0.3 is 5.32 Å². The summed E-state index contributed by atoms with van der Waals surface area (Å²) < 4.78 is 27.4. The van der Waals surface area contributed by atoms with Gasteiger partial charge in [0.1, 0.15) is 0 Å². The Hall–Kier alpha value is -0.130. The van der Waals surface area contributed by atoms with E-state index in [1.165, 1.54) is 25.7 Å². The molecule has 2 fully saturated rings. The maximum atomic E-state index is 12.8. The van der Waals surface area contributed by atoms with E-state index in [4.69, 9.17) is 0 Å². The zero-order valence-corrected chi connectivity index (χ0v) is 13.8. The lowest BCUT2D eigenvalue weighted by Gasteiger charge is -2.31. The van der Waals surface area contributed by atoms with E-state index < -0.39 is 10.0 Å². The van der Waals surface area contributed by atoms with E-state index in [1.54, 1.807) is 0 Å². The van der Waals surface area contributed by atoms with Gasteiger partial charge in [-0.3, -0.25) is 0 Å². The van der Waals surface area contributed by atoms with Gasteiger partial charge in [0.05, 0.1) is 5.25 Å². The highest BCUT2D eigenvalue weighted by atomic mass is 32.2. The molecule has 1 heterocycles. The topological polar surface area (TPSA) is 49.4 Å². The van der Waals surface area contributed by atoms with Gasteiger partial charge in [-0.25, -0.2) is 8.42 Å². The van der Waals surface area contributed by atoms with Crippen molar-refractivity contribution in [2.24, 2.45) is 5.92 Å². The van der Waals surface area contributed by atoms with Gasteiger partial charge in [0.25, 0.3) is 0 Å². The van der Waals surface area contributed by atoms with Crippen molar-refractivity contribution in [1.82, 2.24) is 9.62 Å². The lowest BCUT2D eigenvalue weighted by molar-refractivity contribution is 0.286. The van der Waals surface area contributed by atoms with Crippen LogP contribution in [0.25, 0.3) is 0 Å². The maximum absolute atomic E-state index is 12.8. The Bertz CT molecular complexity index is 391. The highest BCUT2D eigenvalue weighted by molar-refractivity contribution is 7.89. The van der Waals surface area contributed by atoms with E-state index in [0.29, 0.717) is 12.5 Å². The monoisotopic (exact) mass is 302 g/mol. The minimum absolute atomic E-state index is 0.288. The fourth-order valence-electron chi connectivity index (χ4n) is 3.71. The minimum atomic E-state index is -3.13. The Labute approximate surface area is 124 Å².